The molecule has 2 aromatic carbocycles. The summed E-state index contributed by atoms with van der Waals surface area (Å²) in [6, 6.07) is 8.23. The quantitative estimate of drug-likeness (QED) is 0.407. The summed E-state index contributed by atoms with van der Waals surface area (Å²) in [5.74, 6) is -0.440. The second-order valence-electron chi connectivity index (χ2n) is 6.38. The Morgan fingerprint density at radius 2 is 1.19 bits per heavy atom. The van der Waals surface area contributed by atoms with Crippen molar-refractivity contribution in [2.24, 2.45) is 0 Å². The zero-order chi connectivity index (χ0) is 23.5. The normalized spacial score (nSPS) is 11.7. The molecule has 0 fully saturated rings. The maximum absolute atomic E-state index is 12.9. The summed E-state index contributed by atoms with van der Waals surface area (Å²) in [5, 5.41) is 6.75. The number of hydrogen-bond donors (Lipinski definition) is 3. The number of urea groups is 1. The van der Waals surface area contributed by atoms with E-state index >= 15 is 0 Å². The van der Waals surface area contributed by atoms with E-state index in [1.54, 1.807) is 0 Å². The molecule has 0 aliphatic heterocycles. The van der Waals surface area contributed by atoms with Crippen LogP contribution >= 0.6 is 0 Å². The first-order valence-electron chi connectivity index (χ1n) is 8.74. The van der Waals surface area contributed by atoms with E-state index in [0.29, 0.717) is 17.8 Å². The van der Waals surface area contributed by atoms with Crippen LogP contribution in [0.2, 0.25) is 0 Å². The van der Waals surface area contributed by atoms with Gasteiger partial charge in [-0.3, -0.25) is 4.79 Å². The Balaban J connectivity index is 1.68. The third-order valence-corrected chi connectivity index (χ3v) is 3.99. The molecule has 0 unspecified atom stereocenters. The number of halogens is 6. The molecule has 1 aromatic heterocycles. The molecule has 3 aromatic rings. The third-order valence-electron chi connectivity index (χ3n) is 3.99. The summed E-state index contributed by atoms with van der Waals surface area (Å²) in [6.45, 7) is 0. The van der Waals surface area contributed by atoms with E-state index in [1.165, 1.54) is 42.7 Å². The highest BCUT2D eigenvalue weighted by Gasteiger charge is 2.37. The molecule has 0 saturated carbocycles. The van der Waals surface area contributed by atoms with Crippen molar-refractivity contribution in [3.63, 3.8) is 0 Å². The van der Waals surface area contributed by atoms with Crippen LogP contribution in [0.3, 0.4) is 0 Å². The molecular weight excluding hydrogens is 444 g/mol. The molecule has 12 heteroatoms. The van der Waals surface area contributed by atoms with Gasteiger partial charge in [-0.25, -0.2) is 4.79 Å². The standard InChI is InChI=1S/C20H13F6N3O3/c21-19(22,23)11-8-12(20(24,25)26)10-15(9-11)29-18(31)28-14-5-3-13(4-6-14)27-17(30)16-2-1-7-32-16/h1-10H,(H,27,30)(H2,28,29,31). The molecule has 0 aliphatic rings. The lowest BCUT2D eigenvalue weighted by Crippen LogP contribution is -2.21. The summed E-state index contributed by atoms with van der Waals surface area (Å²) in [7, 11) is 0. The molecule has 3 amide bonds. The first-order valence-corrected chi connectivity index (χ1v) is 8.74. The lowest BCUT2D eigenvalue weighted by Gasteiger charge is -2.15. The molecule has 3 rings (SSSR count). The number of rotatable bonds is 4. The summed E-state index contributed by atoms with van der Waals surface area (Å²) in [6.07, 6.45) is -8.75. The van der Waals surface area contributed by atoms with Crippen molar-refractivity contribution in [2.75, 3.05) is 16.0 Å². The summed E-state index contributed by atoms with van der Waals surface area (Å²) in [5.41, 5.74) is -3.28. The van der Waals surface area contributed by atoms with Gasteiger partial charge in [-0.2, -0.15) is 26.3 Å². The Hall–Kier alpha value is -3.96. The second kappa shape index (κ2) is 8.65. The van der Waals surface area contributed by atoms with Gasteiger partial charge in [-0.1, -0.05) is 0 Å². The number of carbonyl (C=O) groups is 2. The number of carbonyl (C=O) groups excluding carboxylic acids is 2. The average Bonchev–Trinajstić information content (AvgIpc) is 3.23. The van der Waals surface area contributed by atoms with Crippen molar-refractivity contribution in [1.29, 1.82) is 0 Å². The number of benzene rings is 2. The van der Waals surface area contributed by atoms with E-state index in [2.05, 4.69) is 10.6 Å². The van der Waals surface area contributed by atoms with Crippen LogP contribution < -0.4 is 16.0 Å². The highest BCUT2D eigenvalue weighted by molar-refractivity contribution is 6.03. The van der Waals surface area contributed by atoms with Crippen LogP contribution in [-0.2, 0) is 12.4 Å². The Kier molecular flexibility index (Phi) is 6.14. The predicted molar refractivity (Wildman–Crippen MR) is 102 cm³/mol. The Morgan fingerprint density at radius 1 is 0.688 bits per heavy atom. The van der Waals surface area contributed by atoms with Crippen LogP contribution in [0.4, 0.5) is 48.2 Å². The van der Waals surface area contributed by atoms with Crippen molar-refractivity contribution in [2.45, 2.75) is 12.4 Å². The molecule has 168 valence electrons. The van der Waals surface area contributed by atoms with Gasteiger partial charge in [0.2, 0.25) is 0 Å². The molecule has 1 heterocycles. The first kappa shape index (κ1) is 22.7. The lowest BCUT2D eigenvalue weighted by molar-refractivity contribution is -0.143. The molecule has 0 radical (unpaired) electrons. The zero-order valence-corrected chi connectivity index (χ0v) is 15.8. The maximum Gasteiger partial charge on any atom is 0.416 e. The van der Waals surface area contributed by atoms with Crippen LogP contribution in [0, 0.1) is 0 Å². The highest BCUT2D eigenvalue weighted by atomic mass is 19.4. The minimum absolute atomic E-state index is 0.0428. The van der Waals surface area contributed by atoms with E-state index in [9.17, 15) is 35.9 Å². The maximum atomic E-state index is 12.9. The van der Waals surface area contributed by atoms with E-state index in [0.717, 1.165) is 0 Å². The minimum atomic E-state index is -5.04. The second-order valence-corrected chi connectivity index (χ2v) is 6.38. The minimum Gasteiger partial charge on any atom is -0.459 e. The van der Waals surface area contributed by atoms with Crippen molar-refractivity contribution < 1.29 is 40.3 Å². The predicted octanol–water partition coefficient (Wildman–Crippen LogP) is 6.21. The van der Waals surface area contributed by atoms with Crippen molar-refractivity contribution in [3.05, 3.63) is 77.7 Å². The Labute approximate surface area is 176 Å². The van der Waals surface area contributed by atoms with Gasteiger partial charge in [0.15, 0.2) is 5.76 Å². The molecule has 0 spiro atoms. The van der Waals surface area contributed by atoms with Crippen molar-refractivity contribution in [3.8, 4) is 0 Å². The topological polar surface area (TPSA) is 83.4 Å². The van der Waals surface area contributed by atoms with Crippen LogP contribution in [-0.4, -0.2) is 11.9 Å². The number of nitrogens with one attached hydrogen (secondary N) is 3. The largest absolute Gasteiger partial charge is 0.459 e. The fraction of sp³-hybridized carbons (Fsp3) is 0.100. The van der Waals surface area contributed by atoms with Crippen LogP contribution in [0.25, 0.3) is 0 Å². The molecule has 0 atom stereocenters. The molecule has 6 nitrogen and oxygen atoms in total. The van der Waals surface area contributed by atoms with Crippen LogP contribution in [0.5, 0.6) is 0 Å². The summed E-state index contributed by atoms with van der Waals surface area (Å²) < 4.78 is 82.4. The zero-order valence-electron chi connectivity index (χ0n) is 15.8. The monoisotopic (exact) mass is 457 g/mol. The highest BCUT2D eigenvalue weighted by Crippen LogP contribution is 2.37. The van der Waals surface area contributed by atoms with Gasteiger partial charge in [0.1, 0.15) is 0 Å². The number of amides is 3. The van der Waals surface area contributed by atoms with Gasteiger partial charge in [0.05, 0.1) is 17.4 Å². The molecule has 0 aliphatic carbocycles. The van der Waals surface area contributed by atoms with Gasteiger partial charge in [-0.05, 0) is 54.6 Å². The SMILES string of the molecule is O=C(Nc1ccc(NC(=O)c2ccco2)cc1)Nc1cc(C(F)(F)F)cc(C(F)(F)F)c1. The van der Waals surface area contributed by atoms with E-state index < -0.39 is 41.1 Å². The number of alkyl halides is 6. The van der Waals surface area contributed by atoms with Gasteiger partial charge >= 0.3 is 18.4 Å². The number of hydrogen-bond acceptors (Lipinski definition) is 3. The van der Waals surface area contributed by atoms with Crippen molar-refractivity contribution in [1.82, 2.24) is 0 Å². The molecule has 3 N–H and O–H groups in total. The van der Waals surface area contributed by atoms with E-state index in [1.807, 2.05) is 5.32 Å². The van der Waals surface area contributed by atoms with Gasteiger partial charge < -0.3 is 20.4 Å². The number of furan rings is 1. The molecule has 32 heavy (non-hydrogen) atoms. The van der Waals surface area contributed by atoms with Gasteiger partial charge in [-0.15, -0.1) is 0 Å². The first-order chi connectivity index (χ1) is 14.9. The van der Waals surface area contributed by atoms with Crippen LogP contribution in [0.15, 0.2) is 65.3 Å². The summed E-state index contributed by atoms with van der Waals surface area (Å²) >= 11 is 0. The number of anilines is 3. The fourth-order valence-corrected chi connectivity index (χ4v) is 2.56. The van der Waals surface area contributed by atoms with Gasteiger partial charge in [0.25, 0.3) is 5.91 Å². The molecule has 0 bridgehead atoms. The van der Waals surface area contributed by atoms with Gasteiger partial charge in [0, 0.05) is 17.1 Å². The fourth-order valence-electron chi connectivity index (χ4n) is 2.56. The molecule has 0 saturated heterocycles. The van der Waals surface area contributed by atoms with E-state index in [-0.39, 0.29) is 17.5 Å². The Bertz CT molecular complexity index is 1070. The third kappa shape index (κ3) is 5.80. The van der Waals surface area contributed by atoms with E-state index in [4.69, 9.17) is 4.42 Å². The average molecular weight is 457 g/mol. The Morgan fingerprint density at radius 3 is 1.66 bits per heavy atom. The van der Waals surface area contributed by atoms with Crippen LogP contribution in [0.1, 0.15) is 21.7 Å². The van der Waals surface area contributed by atoms with Crippen molar-refractivity contribution >= 4 is 29.0 Å². The summed E-state index contributed by atoms with van der Waals surface area (Å²) in [4.78, 5) is 23.9. The lowest BCUT2D eigenvalue weighted by atomic mass is 10.1. The molecular formula is C20H13F6N3O3. The smallest absolute Gasteiger partial charge is 0.416 e.